The Labute approximate surface area is 122 Å². The van der Waals surface area contributed by atoms with Crippen molar-refractivity contribution in [2.45, 2.75) is 58.0 Å². The molecule has 110 valence electrons. The molecule has 0 radical (unpaired) electrons. The fourth-order valence-electron chi connectivity index (χ4n) is 2.60. The Morgan fingerprint density at radius 3 is 2.50 bits per heavy atom. The maximum atomic E-state index is 12.2. The first-order chi connectivity index (χ1) is 9.44. The molecule has 1 atom stereocenters. The summed E-state index contributed by atoms with van der Waals surface area (Å²) >= 11 is 0. The van der Waals surface area contributed by atoms with Crippen molar-refractivity contribution < 1.29 is 4.79 Å². The molecule has 3 heteroatoms. The van der Waals surface area contributed by atoms with Gasteiger partial charge in [-0.05, 0) is 70.2 Å². The van der Waals surface area contributed by atoms with Crippen LogP contribution in [0.1, 0.15) is 56.3 Å². The van der Waals surface area contributed by atoms with Gasteiger partial charge < -0.3 is 10.6 Å². The van der Waals surface area contributed by atoms with Gasteiger partial charge in [0, 0.05) is 0 Å². The molecule has 0 heterocycles. The van der Waals surface area contributed by atoms with Gasteiger partial charge in [0.15, 0.2) is 0 Å². The number of hydrogen-bond donors (Lipinski definition) is 2. The molecule has 1 aliphatic rings. The summed E-state index contributed by atoms with van der Waals surface area (Å²) in [5.41, 5.74) is 3.60. The van der Waals surface area contributed by atoms with Crippen molar-refractivity contribution in [2.24, 2.45) is 0 Å². The highest BCUT2D eigenvalue weighted by molar-refractivity contribution is 5.85. The standard InChI is InChI=1S/C17H26N2O/c1-12(19-16(20)17(2,3)18-4)14-10-9-13-7-5-6-8-15(13)11-14/h9-12,18H,5-8H2,1-4H3,(H,19,20). The molecule has 0 saturated carbocycles. The molecule has 2 rings (SSSR count). The predicted molar refractivity (Wildman–Crippen MR) is 82.8 cm³/mol. The van der Waals surface area contributed by atoms with E-state index in [1.807, 2.05) is 27.8 Å². The molecule has 2 N–H and O–H groups in total. The van der Waals surface area contributed by atoms with Crippen LogP contribution in [0.15, 0.2) is 18.2 Å². The third-order valence-corrected chi connectivity index (χ3v) is 4.41. The number of carbonyl (C=O) groups is 1. The number of amides is 1. The van der Waals surface area contributed by atoms with Crippen molar-refractivity contribution in [3.63, 3.8) is 0 Å². The number of rotatable bonds is 4. The minimum absolute atomic E-state index is 0.0326. The van der Waals surface area contributed by atoms with E-state index in [1.54, 1.807) is 0 Å². The van der Waals surface area contributed by atoms with E-state index < -0.39 is 5.54 Å². The van der Waals surface area contributed by atoms with E-state index in [4.69, 9.17) is 0 Å². The summed E-state index contributed by atoms with van der Waals surface area (Å²) in [6, 6.07) is 6.70. The van der Waals surface area contributed by atoms with Gasteiger partial charge in [-0.3, -0.25) is 4.79 Å². The molecular weight excluding hydrogens is 248 g/mol. The lowest BCUT2D eigenvalue weighted by Gasteiger charge is -2.26. The molecule has 1 aromatic rings. The van der Waals surface area contributed by atoms with Gasteiger partial charge in [-0.15, -0.1) is 0 Å². The van der Waals surface area contributed by atoms with Crippen LogP contribution in [-0.2, 0) is 17.6 Å². The van der Waals surface area contributed by atoms with Crippen molar-refractivity contribution in [3.05, 3.63) is 34.9 Å². The molecule has 0 aromatic heterocycles. The fourth-order valence-corrected chi connectivity index (χ4v) is 2.60. The van der Waals surface area contributed by atoms with Gasteiger partial charge in [-0.1, -0.05) is 18.2 Å². The highest BCUT2D eigenvalue weighted by atomic mass is 16.2. The summed E-state index contributed by atoms with van der Waals surface area (Å²) in [5.74, 6) is 0.0326. The van der Waals surface area contributed by atoms with Gasteiger partial charge in [0.25, 0.3) is 0 Å². The lowest BCUT2D eigenvalue weighted by Crippen LogP contribution is -2.51. The van der Waals surface area contributed by atoms with E-state index in [0.29, 0.717) is 0 Å². The van der Waals surface area contributed by atoms with Crippen molar-refractivity contribution in [1.29, 1.82) is 0 Å². The SMILES string of the molecule is CNC(C)(C)C(=O)NC(C)c1ccc2c(c1)CCCC2. The molecule has 1 amide bonds. The van der Waals surface area contributed by atoms with E-state index in [9.17, 15) is 4.79 Å². The highest BCUT2D eigenvalue weighted by Crippen LogP contribution is 2.25. The highest BCUT2D eigenvalue weighted by Gasteiger charge is 2.26. The predicted octanol–water partition coefficient (Wildman–Crippen LogP) is 2.74. The largest absolute Gasteiger partial charge is 0.348 e. The van der Waals surface area contributed by atoms with Gasteiger partial charge in [0.2, 0.25) is 5.91 Å². The van der Waals surface area contributed by atoms with Crippen molar-refractivity contribution >= 4 is 5.91 Å². The first-order valence-electron chi connectivity index (χ1n) is 7.55. The quantitative estimate of drug-likeness (QED) is 0.886. The Balaban J connectivity index is 2.10. The Hall–Kier alpha value is -1.35. The second-order valence-electron chi connectivity index (χ2n) is 6.31. The van der Waals surface area contributed by atoms with Crippen LogP contribution in [0, 0.1) is 0 Å². The number of carbonyl (C=O) groups excluding carboxylic acids is 1. The smallest absolute Gasteiger partial charge is 0.240 e. The van der Waals surface area contributed by atoms with E-state index in [-0.39, 0.29) is 11.9 Å². The Bertz CT molecular complexity index is 494. The van der Waals surface area contributed by atoms with Crippen LogP contribution in [0.3, 0.4) is 0 Å². The molecule has 0 aliphatic heterocycles. The third kappa shape index (κ3) is 3.21. The summed E-state index contributed by atoms with van der Waals surface area (Å²) in [6.07, 6.45) is 4.95. The molecule has 3 nitrogen and oxygen atoms in total. The summed E-state index contributed by atoms with van der Waals surface area (Å²) < 4.78 is 0. The van der Waals surface area contributed by atoms with Crippen molar-refractivity contribution in [2.75, 3.05) is 7.05 Å². The summed E-state index contributed by atoms with van der Waals surface area (Å²) in [6.45, 7) is 5.83. The lowest BCUT2D eigenvalue weighted by molar-refractivity contribution is -0.126. The topological polar surface area (TPSA) is 41.1 Å². The van der Waals surface area contributed by atoms with Crippen LogP contribution in [0.5, 0.6) is 0 Å². The first kappa shape index (κ1) is 15.0. The average Bonchev–Trinajstić information content (AvgIpc) is 2.46. The monoisotopic (exact) mass is 274 g/mol. The maximum absolute atomic E-state index is 12.2. The number of aryl methyl sites for hydroxylation is 2. The maximum Gasteiger partial charge on any atom is 0.240 e. The Morgan fingerprint density at radius 1 is 1.20 bits per heavy atom. The summed E-state index contributed by atoms with van der Waals surface area (Å²) in [7, 11) is 1.81. The lowest BCUT2D eigenvalue weighted by atomic mass is 9.89. The minimum atomic E-state index is -0.539. The third-order valence-electron chi connectivity index (χ3n) is 4.41. The van der Waals surface area contributed by atoms with Gasteiger partial charge in [-0.2, -0.15) is 0 Å². The molecule has 0 fully saturated rings. The van der Waals surface area contributed by atoms with Crippen molar-refractivity contribution in [3.8, 4) is 0 Å². The van der Waals surface area contributed by atoms with E-state index in [0.717, 1.165) is 0 Å². The molecular formula is C17H26N2O. The van der Waals surface area contributed by atoms with Crippen LogP contribution >= 0.6 is 0 Å². The van der Waals surface area contributed by atoms with Crippen LogP contribution in [0.4, 0.5) is 0 Å². The molecule has 0 saturated heterocycles. The van der Waals surface area contributed by atoms with Crippen molar-refractivity contribution in [1.82, 2.24) is 10.6 Å². The number of likely N-dealkylation sites (N-methyl/N-ethyl adjacent to an activating group) is 1. The van der Waals surface area contributed by atoms with Gasteiger partial charge in [-0.25, -0.2) is 0 Å². The van der Waals surface area contributed by atoms with E-state index >= 15 is 0 Å². The fraction of sp³-hybridized carbons (Fsp3) is 0.588. The zero-order valence-corrected chi connectivity index (χ0v) is 13.0. The zero-order chi connectivity index (χ0) is 14.8. The number of benzene rings is 1. The molecule has 20 heavy (non-hydrogen) atoms. The van der Waals surface area contributed by atoms with Crippen LogP contribution in [0.25, 0.3) is 0 Å². The zero-order valence-electron chi connectivity index (χ0n) is 13.0. The minimum Gasteiger partial charge on any atom is -0.348 e. The van der Waals surface area contributed by atoms with E-state index in [2.05, 4.69) is 28.8 Å². The van der Waals surface area contributed by atoms with Gasteiger partial charge in [0.1, 0.15) is 0 Å². The number of nitrogens with one attached hydrogen (secondary N) is 2. The molecule has 1 unspecified atom stereocenters. The Kier molecular flexibility index (Phi) is 4.48. The number of fused-ring (bicyclic) bond motifs is 1. The van der Waals surface area contributed by atoms with Crippen LogP contribution in [0.2, 0.25) is 0 Å². The van der Waals surface area contributed by atoms with E-state index in [1.165, 1.54) is 42.4 Å². The van der Waals surface area contributed by atoms with Crippen LogP contribution < -0.4 is 10.6 Å². The number of hydrogen-bond acceptors (Lipinski definition) is 2. The molecule has 1 aliphatic carbocycles. The molecule has 0 bridgehead atoms. The normalized spacial score (nSPS) is 16.4. The second kappa shape index (κ2) is 5.96. The van der Waals surface area contributed by atoms with Gasteiger partial charge >= 0.3 is 0 Å². The molecule has 0 spiro atoms. The van der Waals surface area contributed by atoms with Gasteiger partial charge in [0.05, 0.1) is 11.6 Å². The Morgan fingerprint density at radius 2 is 1.85 bits per heavy atom. The average molecular weight is 274 g/mol. The van der Waals surface area contributed by atoms with Crippen LogP contribution in [-0.4, -0.2) is 18.5 Å². The first-order valence-corrected chi connectivity index (χ1v) is 7.55. The second-order valence-corrected chi connectivity index (χ2v) is 6.31. The summed E-state index contributed by atoms with van der Waals surface area (Å²) in [4.78, 5) is 12.2. The summed E-state index contributed by atoms with van der Waals surface area (Å²) in [5, 5.41) is 6.13. The molecule has 1 aromatic carbocycles.